The second-order valence-corrected chi connectivity index (χ2v) is 4.53. The van der Waals surface area contributed by atoms with E-state index in [4.69, 9.17) is 0 Å². The minimum absolute atomic E-state index is 1.27. The van der Waals surface area contributed by atoms with Crippen LogP contribution < -0.4 is 0 Å². The Bertz CT molecular complexity index is 165. The Hall–Kier alpha value is -0.520. The summed E-state index contributed by atoms with van der Waals surface area (Å²) >= 11 is 0. The van der Waals surface area contributed by atoms with Gasteiger partial charge in [-0.25, -0.2) is 0 Å². The second-order valence-electron chi connectivity index (χ2n) is 4.53. The molecule has 0 aromatic rings. The first kappa shape index (κ1) is 15.5. The SMILES string of the molecule is CC=CCCCCCCC=CCCCCC. The fourth-order valence-corrected chi connectivity index (χ4v) is 1.79. The Morgan fingerprint density at radius 2 is 1.12 bits per heavy atom. The van der Waals surface area contributed by atoms with Crippen molar-refractivity contribution < 1.29 is 0 Å². The van der Waals surface area contributed by atoms with E-state index in [1.54, 1.807) is 0 Å². The van der Waals surface area contributed by atoms with Crippen molar-refractivity contribution in [1.29, 1.82) is 0 Å². The Balaban J connectivity index is 3.02. The highest BCUT2D eigenvalue weighted by Gasteiger charge is 1.87. The van der Waals surface area contributed by atoms with Crippen LogP contribution in [-0.4, -0.2) is 0 Å². The lowest BCUT2D eigenvalue weighted by Crippen LogP contribution is -1.77. The summed E-state index contributed by atoms with van der Waals surface area (Å²) in [5.74, 6) is 0. The van der Waals surface area contributed by atoms with Gasteiger partial charge in [-0.1, -0.05) is 56.9 Å². The average molecular weight is 222 g/mol. The van der Waals surface area contributed by atoms with Crippen LogP contribution >= 0.6 is 0 Å². The second kappa shape index (κ2) is 14.5. The molecule has 0 heterocycles. The molecule has 0 aromatic carbocycles. The lowest BCUT2D eigenvalue weighted by atomic mass is 10.1. The van der Waals surface area contributed by atoms with E-state index in [2.05, 4.69) is 38.2 Å². The van der Waals surface area contributed by atoms with Crippen LogP contribution in [0.3, 0.4) is 0 Å². The first-order chi connectivity index (χ1) is 7.91. The summed E-state index contributed by atoms with van der Waals surface area (Å²) in [4.78, 5) is 0. The summed E-state index contributed by atoms with van der Waals surface area (Å²) < 4.78 is 0. The van der Waals surface area contributed by atoms with Crippen molar-refractivity contribution in [3.05, 3.63) is 24.3 Å². The van der Waals surface area contributed by atoms with Crippen molar-refractivity contribution >= 4 is 0 Å². The summed E-state index contributed by atoms with van der Waals surface area (Å²) in [5.41, 5.74) is 0. The van der Waals surface area contributed by atoms with Gasteiger partial charge in [0.2, 0.25) is 0 Å². The fourth-order valence-electron chi connectivity index (χ4n) is 1.79. The first-order valence-electron chi connectivity index (χ1n) is 7.18. The predicted molar refractivity (Wildman–Crippen MR) is 75.8 cm³/mol. The first-order valence-corrected chi connectivity index (χ1v) is 7.18. The standard InChI is InChI=1S/C16H30/c1-3-5-7-9-11-13-15-16-14-12-10-8-6-4-2/h3,5,12,14H,4,6-11,13,15-16H2,1-2H3. The maximum absolute atomic E-state index is 2.38. The summed E-state index contributed by atoms with van der Waals surface area (Å²) in [6, 6.07) is 0. The molecule has 0 aliphatic heterocycles. The van der Waals surface area contributed by atoms with Crippen molar-refractivity contribution in [1.82, 2.24) is 0 Å². The summed E-state index contributed by atoms with van der Waals surface area (Å²) in [7, 11) is 0. The third-order valence-corrected chi connectivity index (χ3v) is 2.87. The minimum Gasteiger partial charge on any atom is -0.0917 e. The Morgan fingerprint density at radius 1 is 0.625 bits per heavy atom. The van der Waals surface area contributed by atoms with Crippen LogP contribution in [0.2, 0.25) is 0 Å². The highest BCUT2D eigenvalue weighted by molar-refractivity contribution is 4.81. The van der Waals surface area contributed by atoms with Crippen LogP contribution in [0.4, 0.5) is 0 Å². The van der Waals surface area contributed by atoms with Crippen molar-refractivity contribution in [3.63, 3.8) is 0 Å². The molecule has 0 bridgehead atoms. The van der Waals surface area contributed by atoms with Gasteiger partial charge < -0.3 is 0 Å². The topological polar surface area (TPSA) is 0 Å². The fraction of sp³-hybridized carbons (Fsp3) is 0.750. The Kier molecular flexibility index (Phi) is 14.0. The van der Waals surface area contributed by atoms with Crippen molar-refractivity contribution in [2.24, 2.45) is 0 Å². The lowest BCUT2D eigenvalue weighted by Gasteiger charge is -1.97. The number of hydrogen-bond acceptors (Lipinski definition) is 0. The molecule has 0 atom stereocenters. The predicted octanol–water partition coefficient (Wildman–Crippen LogP) is 6.04. The molecule has 0 fully saturated rings. The molecule has 0 aliphatic carbocycles. The maximum atomic E-state index is 2.38. The van der Waals surface area contributed by atoms with E-state index >= 15 is 0 Å². The lowest BCUT2D eigenvalue weighted by molar-refractivity contribution is 0.651. The summed E-state index contributed by atoms with van der Waals surface area (Å²) in [6.07, 6.45) is 22.6. The smallest absolute Gasteiger partial charge is 0.0351 e. The summed E-state index contributed by atoms with van der Waals surface area (Å²) in [5, 5.41) is 0. The molecule has 0 N–H and O–H groups in total. The van der Waals surface area contributed by atoms with Gasteiger partial charge in [0.1, 0.15) is 0 Å². The highest BCUT2D eigenvalue weighted by Crippen LogP contribution is 2.07. The van der Waals surface area contributed by atoms with E-state index in [-0.39, 0.29) is 0 Å². The van der Waals surface area contributed by atoms with Crippen molar-refractivity contribution in [2.45, 2.75) is 78.1 Å². The van der Waals surface area contributed by atoms with E-state index in [0.717, 1.165) is 0 Å². The van der Waals surface area contributed by atoms with E-state index in [0.29, 0.717) is 0 Å². The van der Waals surface area contributed by atoms with E-state index in [1.807, 2.05) is 0 Å². The Labute approximate surface area is 103 Å². The van der Waals surface area contributed by atoms with Crippen molar-refractivity contribution in [3.8, 4) is 0 Å². The molecule has 0 heteroatoms. The zero-order valence-corrected chi connectivity index (χ0v) is 11.4. The normalized spacial score (nSPS) is 11.9. The van der Waals surface area contributed by atoms with Crippen LogP contribution in [0, 0.1) is 0 Å². The van der Waals surface area contributed by atoms with Crippen LogP contribution in [0.25, 0.3) is 0 Å². The third-order valence-electron chi connectivity index (χ3n) is 2.87. The number of rotatable bonds is 11. The Morgan fingerprint density at radius 3 is 1.62 bits per heavy atom. The number of unbranched alkanes of at least 4 members (excludes halogenated alkanes) is 8. The molecule has 94 valence electrons. The molecule has 0 saturated carbocycles. The molecule has 0 aromatic heterocycles. The molecule has 0 radical (unpaired) electrons. The zero-order valence-electron chi connectivity index (χ0n) is 11.4. The minimum atomic E-state index is 1.27. The van der Waals surface area contributed by atoms with Gasteiger partial charge in [-0.15, -0.1) is 0 Å². The molecular formula is C16H30. The van der Waals surface area contributed by atoms with E-state index in [1.165, 1.54) is 64.2 Å². The van der Waals surface area contributed by atoms with Gasteiger partial charge in [-0.2, -0.15) is 0 Å². The molecule has 0 saturated heterocycles. The van der Waals surface area contributed by atoms with E-state index in [9.17, 15) is 0 Å². The maximum Gasteiger partial charge on any atom is -0.0351 e. The van der Waals surface area contributed by atoms with Gasteiger partial charge >= 0.3 is 0 Å². The van der Waals surface area contributed by atoms with Gasteiger partial charge in [0.05, 0.1) is 0 Å². The molecule has 0 nitrogen and oxygen atoms in total. The largest absolute Gasteiger partial charge is 0.0917 e. The molecule has 0 aliphatic rings. The van der Waals surface area contributed by atoms with E-state index < -0.39 is 0 Å². The third kappa shape index (κ3) is 13.5. The monoisotopic (exact) mass is 222 g/mol. The number of hydrogen-bond donors (Lipinski definition) is 0. The molecule has 0 amide bonds. The van der Waals surface area contributed by atoms with Crippen LogP contribution in [0.15, 0.2) is 24.3 Å². The van der Waals surface area contributed by atoms with Gasteiger partial charge in [0.25, 0.3) is 0 Å². The molecule has 0 unspecified atom stereocenters. The zero-order chi connectivity index (χ0) is 11.9. The molecule has 0 rings (SSSR count). The highest BCUT2D eigenvalue weighted by atomic mass is 13.9. The van der Waals surface area contributed by atoms with Crippen LogP contribution in [0.5, 0.6) is 0 Å². The molecule has 16 heavy (non-hydrogen) atoms. The van der Waals surface area contributed by atoms with Crippen LogP contribution in [-0.2, 0) is 0 Å². The van der Waals surface area contributed by atoms with Gasteiger partial charge in [-0.05, 0) is 45.4 Å². The average Bonchev–Trinajstić information content (AvgIpc) is 2.31. The molecular weight excluding hydrogens is 192 g/mol. The van der Waals surface area contributed by atoms with Gasteiger partial charge in [0, 0.05) is 0 Å². The molecule has 0 spiro atoms. The summed E-state index contributed by atoms with van der Waals surface area (Å²) in [6.45, 7) is 4.36. The van der Waals surface area contributed by atoms with Gasteiger partial charge in [0.15, 0.2) is 0 Å². The quantitative estimate of drug-likeness (QED) is 0.295. The number of allylic oxidation sites excluding steroid dienone is 4. The van der Waals surface area contributed by atoms with Crippen molar-refractivity contribution in [2.75, 3.05) is 0 Å². The van der Waals surface area contributed by atoms with Gasteiger partial charge in [-0.3, -0.25) is 0 Å². The van der Waals surface area contributed by atoms with Crippen LogP contribution in [0.1, 0.15) is 78.1 Å².